The Labute approximate surface area is 150 Å². The molecule has 2 aliphatic heterocycles. The smallest absolute Gasteiger partial charge is 0.231 e. The van der Waals surface area contributed by atoms with Crippen LogP contribution in [0.3, 0.4) is 0 Å². The highest BCUT2D eigenvalue weighted by Gasteiger charge is 2.28. The first-order chi connectivity index (χ1) is 12.2. The summed E-state index contributed by atoms with van der Waals surface area (Å²) in [4.78, 5) is 20.6. The average Bonchev–Trinajstić information content (AvgIpc) is 3.30. The largest absolute Gasteiger partial charge is 0.357 e. The first-order valence-corrected chi connectivity index (χ1v) is 9.27. The van der Waals surface area contributed by atoms with E-state index in [1.165, 1.54) is 22.5 Å². The summed E-state index contributed by atoms with van der Waals surface area (Å²) in [5.41, 5.74) is 2.77. The van der Waals surface area contributed by atoms with Gasteiger partial charge in [0.15, 0.2) is 11.3 Å². The van der Waals surface area contributed by atoms with Gasteiger partial charge in [-0.15, -0.1) is 0 Å². The number of amides is 1. The minimum absolute atomic E-state index is 0.0392. The number of hydrogen-bond donors (Lipinski definition) is 1. The van der Waals surface area contributed by atoms with Gasteiger partial charge < -0.3 is 15.1 Å². The molecule has 3 heterocycles. The van der Waals surface area contributed by atoms with Crippen molar-refractivity contribution in [3.05, 3.63) is 41.6 Å². The van der Waals surface area contributed by atoms with Crippen molar-refractivity contribution in [2.45, 2.75) is 19.4 Å². The van der Waals surface area contributed by atoms with Gasteiger partial charge in [-0.2, -0.15) is 5.26 Å². The number of nitriles is 1. The lowest BCUT2D eigenvalue weighted by Crippen LogP contribution is -2.29. The summed E-state index contributed by atoms with van der Waals surface area (Å²) < 4.78 is 0. The fraction of sp³-hybridized carbons (Fsp3) is 0.389. The summed E-state index contributed by atoms with van der Waals surface area (Å²) in [6.07, 6.45) is 5.69. The second-order valence-corrected chi connectivity index (χ2v) is 7.47. The molecule has 1 amide bonds. The van der Waals surface area contributed by atoms with Gasteiger partial charge in [-0.1, -0.05) is 35.6 Å². The van der Waals surface area contributed by atoms with Gasteiger partial charge in [-0.05, 0) is 24.0 Å². The molecule has 1 aromatic carbocycles. The Balaban J connectivity index is 1.40. The maximum absolute atomic E-state index is 12.3. The van der Waals surface area contributed by atoms with Gasteiger partial charge in [-0.3, -0.25) is 4.79 Å². The Kier molecular flexibility index (Phi) is 4.28. The van der Waals surface area contributed by atoms with Crippen LogP contribution in [0.4, 0.5) is 10.1 Å². The fourth-order valence-electron chi connectivity index (χ4n) is 3.43. The molecule has 128 valence electrons. The minimum Gasteiger partial charge on any atom is -0.357 e. The molecular formula is C18H19N5OS. The summed E-state index contributed by atoms with van der Waals surface area (Å²) in [5.74, 6) is -0.170. The molecule has 2 aliphatic rings. The lowest BCUT2D eigenvalue weighted by Gasteiger charge is -2.28. The predicted molar refractivity (Wildman–Crippen MR) is 97.2 cm³/mol. The second-order valence-electron chi connectivity index (χ2n) is 6.46. The molecule has 1 aromatic heterocycles. The number of nitrogens with zero attached hydrogens (tertiary/aromatic N) is 4. The Bertz CT molecular complexity index is 827. The van der Waals surface area contributed by atoms with Crippen LogP contribution in [0.25, 0.3) is 0 Å². The van der Waals surface area contributed by atoms with Gasteiger partial charge >= 0.3 is 0 Å². The lowest BCUT2D eigenvalue weighted by atomic mass is 10.0. The van der Waals surface area contributed by atoms with Crippen LogP contribution < -0.4 is 10.2 Å². The van der Waals surface area contributed by atoms with Crippen LogP contribution in [0.15, 0.2) is 30.5 Å². The number of aromatic nitrogens is 1. The molecule has 25 heavy (non-hydrogen) atoms. The van der Waals surface area contributed by atoms with E-state index in [9.17, 15) is 4.79 Å². The van der Waals surface area contributed by atoms with Crippen LogP contribution in [0.2, 0.25) is 0 Å². The average molecular weight is 353 g/mol. The molecule has 1 N–H and O–H groups in total. The molecule has 0 spiro atoms. The normalized spacial score (nSPS) is 19.4. The maximum atomic E-state index is 12.3. The number of thiazole rings is 1. The highest BCUT2D eigenvalue weighted by Crippen LogP contribution is 2.31. The minimum atomic E-state index is -0.131. The van der Waals surface area contributed by atoms with Crippen LogP contribution in [0.5, 0.6) is 0 Å². The molecule has 0 radical (unpaired) electrons. The fourth-order valence-corrected chi connectivity index (χ4v) is 4.27. The molecule has 0 aliphatic carbocycles. The third-order valence-electron chi connectivity index (χ3n) is 4.87. The third-order valence-corrected chi connectivity index (χ3v) is 5.84. The van der Waals surface area contributed by atoms with E-state index >= 15 is 0 Å². The Hall–Kier alpha value is -2.59. The number of hydrogen-bond acceptors (Lipinski definition) is 6. The van der Waals surface area contributed by atoms with E-state index < -0.39 is 0 Å². The molecule has 6 nitrogen and oxygen atoms in total. The first-order valence-electron chi connectivity index (χ1n) is 8.46. The van der Waals surface area contributed by atoms with Gasteiger partial charge in [0.1, 0.15) is 5.00 Å². The van der Waals surface area contributed by atoms with E-state index in [0.717, 1.165) is 30.9 Å². The molecule has 2 aromatic rings. The molecule has 4 rings (SSSR count). The molecule has 0 unspecified atom stereocenters. The number of benzene rings is 1. The van der Waals surface area contributed by atoms with Gasteiger partial charge in [0.05, 0.1) is 12.1 Å². The molecule has 1 atom stereocenters. The van der Waals surface area contributed by atoms with Crippen molar-refractivity contribution in [1.29, 1.82) is 5.26 Å². The summed E-state index contributed by atoms with van der Waals surface area (Å²) in [7, 11) is 0. The van der Waals surface area contributed by atoms with Crippen molar-refractivity contribution in [3.63, 3.8) is 0 Å². The number of carbonyl (C=O) groups excluding carboxylic acids is 1. The Morgan fingerprint density at radius 1 is 1.32 bits per heavy atom. The maximum Gasteiger partial charge on any atom is 0.231 e. The zero-order valence-corrected chi connectivity index (χ0v) is 14.6. The van der Waals surface area contributed by atoms with Crippen LogP contribution in [-0.4, -0.2) is 35.4 Å². The zero-order chi connectivity index (χ0) is 17.2. The van der Waals surface area contributed by atoms with E-state index in [2.05, 4.69) is 45.7 Å². The van der Waals surface area contributed by atoms with Crippen molar-refractivity contribution >= 4 is 27.4 Å². The van der Waals surface area contributed by atoms with Crippen molar-refractivity contribution in [3.8, 4) is 6.19 Å². The summed E-state index contributed by atoms with van der Waals surface area (Å²) in [6, 6.07) is 8.53. The molecule has 0 saturated carbocycles. The van der Waals surface area contributed by atoms with Gasteiger partial charge in [-0.25, -0.2) is 4.98 Å². The van der Waals surface area contributed by atoms with Crippen LogP contribution in [-0.2, 0) is 17.8 Å². The summed E-state index contributed by atoms with van der Waals surface area (Å²) in [5, 5.41) is 13.5. The highest BCUT2D eigenvalue weighted by molar-refractivity contribution is 7.19. The summed E-state index contributed by atoms with van der Waals surface area (Å²) in [6.45, 7) is 3.01. The van der Waals surface area contributed by atoms with Crippen molar-refractivity contribution in [2.75, 3.05) is 29.9 Å². The molecule has 1 fully saturated rings. The van der Waals surface area contributed by atoms with Crippen LogP contribution in [0.1, 0.15) is 17.5 Å². The van der Waals surface area contributed by atoms with E-state index in [-0.39, 0.29) is 11.8 Å². The number of fused-ring (bicyclic) bond motifs is 1. The number of nitrogens with one attached hydrogen (secondary N) is 1. The molecular weight excluding hydrogens is 334 g/mol. The Morgan fingerprint density at radius 3 is 2.96 bits per heavy atom. The third kappa shape index (κ3) is 3.30. The number of likely N-dealkylation sites (tertiary alicyclic amines) is 1. The quantitative estimate of drug-likeness (QED) is 0.858. The zero-order valence-electron chi connectivity index (χ0n) is 13.8. The molecule has 1 saturated heterocycles. The highest BCUT2D eigenvalue weighted by atomic mass is 32.1. The van der Waals surface area contributed by atoms with E-state index in [4.69, 9.17) is 5.26 Å². The standard InChI is InChI=1S/C18H19N5OS/c19-12-22-7-5-15(10-22)17(24)21-18-20-9-16(25-18)23-8-6-13-3-1-2-4-14(13)11-23/h1-4,9,15H,5-8,10-11H2,(H,20,21,24)/t15-/m0/s1. The number of carbonyl (C=O) groups is 1. The predicted octanol–water partition coefficient (Wildman–Crippen LogP) is 2.45. The van der Waals surface area contributed by atoms with Crippen LogP contribution >= 0.6 is 11.3 Å². The monoisotopic (exact) mass is 353 g/mol. The molecule has 0 bridgehead atoms. The van der Waals surface area contributed by atoms with Crippen molar-refractivity contribution in [2.24, 2.45) is 5.92 Å². The first kappa shape index (κ1) is 15.9. The van der Waals surface area contributed by atoms with Crippen molar-refractivity contribution in [1.82, 2.24) is 9.88 Å². The summed E-state index contributed by atoms with van der Waals surface area (Å²) >= 11 is 1.51. The van der Waals surface area contributed by atoms with Gasteiger partial charge in [0, 0.05) is 26.2 Å². The van der Waals surface area contributed by atoms with E-state index in [0.29, 0.717) is 18.2 Å². The topological polar surface area (TPSA) is 72.3 Å². The van der Waals surface area contributed by atoms with E-state index in [1.54, 1.807) is 4.90 Å². The van der Waals surface area contributed by atoms with E-state index in [1.807, 2.05) is 6.20 Å². The van der Waals surface area contributed by atoms with Crippen molar-refractivity contribution < 1.29 is 4.79 Å². The van der Waals surface area contributed by atoms with Crippen LogP contribution in [0, 0.1) is 17.4 Å². The second kappa shape index (κ2) is 6.73. The van der Waals surface area contributed by atoms with Gasteiger partial charge in [0.2, 0.25) is 5.91 Å². The lowest BCUT2D eigenvalue weighted by molar-refractivity contribution is -0.119. The Morgan fingerprint density at radius 2 is 2.16 bits per heavy atom. The molecule has 7 heteroatoms. The number of rotatable bonds is 3. The SMILES string of the molecule is N#CN1CC[C@H](C(=O)Nc2ncc(N3CCc4ccccc4C3)s2)C1. The number of anilines is 2. The van der Waals surface area contributed by atoms with Gasteiger partial charge in [0.25, 0.3) is 0 Å².